The lowest BCUT2D eigenvalue weighted by atomic mass is 9.93. The monoisotopic (exact) mass is 505 g/mol. The molecule has 37 heavy (non-hydrogen) atoms. The average Bonchev–Trinajstić information content (AvgIpc) is 3.22. The highest BCUT2D eigenvalue weighted by atomic mass is 19.1. The first kappa shape index (κ1) is 24.5. The number of nitrogens with one attached hydrogen (secondary N) is 2. The van der Waals surface area contributed by atoms with E-state index in [1.807, 2.05) is 20.8 Å². The first-order valence-electron chi connectivity index (χ1n) is 12.2. The maximum Gasteiger partial charge on any atom is 0.410 e. The van der Waals surface area contributed by atoms with Gasteiger partial charge in [-0.1, -0.05) is 12.1 Å². The number of likely N-dealkylation sites (tertiary alicyclic amines) is 1. The fourth-order valence-corrected chi connectivity index (χ4v) is 4.69. The molecule has 1 saturated heterocycles. The number of H-pyrrole nitrogens is 1. The smallest absolute Gasteiger partial charge is 0.410 e. The van der Waals surface area contributed by atoms with Crippen LogP contribution >= 0.6 is 0 Å². The van der Waals surface area contributed by atoms with E-state index in [2.05, 4.69) is 10.3 Å². The van der Waals surface area contributed by atoms with E-state index in [0.29, 0.717) is 48.2 Å². The summed E-state index contributed by atoms with van der Waals surface area (Å²) >= 11 is 0. The topological polar surface area (TPSA) is 109 Å². The molecule has 1 fully saturated rings. The second kappa shape index (κ2) is 9.34. The SMILES string of the molecule is CC(C)(C)OC(=O)N1CCC(c2cc(=O)[nH]c3c4c(NC(=O)c5cccc(F)c5)cccc4nn23)CC1. The molecule has 0 aliphatic carbocycles. The molecule has 3 heterocycles. The lowest BCUT2D eigenvalue weighted by Crippen LogP contribution is -2.41. The van der Waals surface area contributed by atoms with Gasteiger partial charge in [0.1, 0.15) is 17.1 Å². The second-order valence-electron chi connectivity index (χ2n) is 10.2. The van der Waals surface area contributed by atoms with Crippen LogP contribution in [0.15, 0.2) is 53.3 Å². The Morgan fingerprint density at radius 3 is 2.54 bits per heavy atom. The second-order valence-corrected chi connectivity index (χ2v) is 10.2. The zero-order chi connectivity index (χ0) is 26.3. The van der Waals surface area contributed by atoms with E-state index in [-0.39, 0.29) is 23.1 Å². The molecule has 2 aromatic carbocycles. The van der Waals surface area contributed by atoms with E-state index >= 15 is 0 Å². The Labute approximate surface area is 212 Å². The van der Waals surface area contributed by atoms with Crippen LogP contribution in [0.5, 0.6) is 0 Å². The summed E-state index contributed by atoms with van der Waals surface area (Å²) in [5, 5.41) is 8.12. The number of hydrogen-bond acceptors (Lipinski definition) is 5. The molecule has 0 unspecified atom stereocenters. The van der Waals surface area contributed by atoms with Crippen molar-refractivity contribution in [3.8, 4) is 0 Å². The number of carbonyl (C=O) groups is 2. The third-order valence-electron chi connectivity index (χ3n) is 6.36. The van der Waals surface area contributed by atoms with Crippen LogP contribution < -0.4 is 10.9 Å². The van der Waals surface area contributed by atoms with Crippen LogP contribution in [0.25, 0.3) is 16.6 Å². The van der Waals surface area contributed by atoms with Crippen LogP contribution in [0.2, 0.25) is 0 Å². The molecule has 2 N–H and O–H groups in total. The number of anilines is 1. The number of rotatable bonds is 3. The number of carbonyl (C=O) groups excluding carboxylic acids is 2. The summed E-state index contributed by atoms with van der Waals surface area (Å²) in [4.78, 5) is 42.5. The largest absolute Gasteiger partial charge is 0.444 e. The van der Waals surface area contributed by atoms with Crippen LogP contribution in [-0.2, 0) is 4.74 Å². The lowest BCUT2D eigenvalue weighted by molar-refractivity contribution is 0.0203. The number of fused-ring (bicyclic) bond motifs is 3. The highest BCUT2D eigenvalue weighted by Crippen LogP contribution is 2.32. The Hall–Kier alpha value is -4.21. The van der Waals surface area contributed by atoms with Crippen molar-refractivity contribution in [3.05, 3.63) is 76.0 Å². The van der Waals surface area contributed by atoms with Gasteiger partial charge in [0.25, 0.3) is 11.5 Å². The van der Waals surface area contributed by atoms with E-state index in [0.717, 1.165) is 11.8 Å². The van der Waals surface area contributed by atoms with Crippen molar-refractivity contribution in [2.45, 2.75) is 45.1 Å². The van der Waals surface area contributed by atoms with Crippen LogP contribution in [0.1, 0.15) is 55.6 Å². The minimum atomic E-state index is -0.566. The maximum atomic E-state index is 13.6. The molecule has 0 spiro atoms. The third kappa shape index (κ3) is 5.04. The summed E-state index contributed by atoms with van der Waals surface area (Å²) in [6.45, 7) is 6.51. The number of piperidine rings is 1. The van der Waals surface area contributed by atoms with E-state index in [4.69, 9.17) is 9.84 Å². The molecular weight excluding hydrogens is 477 g/mol. The summed E-state index contributed by atoms with van der Waals surface area (Å²) in [7, 11) is 0. The van der Waals surface area contributed by atoms with E-state index < -0.39 is 17.3 Å². The summed E-state index contributed by atoms with van der Waals surface area (Å²) < 4.78 is 20.8. The quantitative estimate of drug-likeness (QED) is 0.420. The summed E-state index contributed by atoms with van der Waals surface area (Å²) in [6, 6.07) is 12.2. The minimum Gasteiger partial charge on any atom is -0.444 e. The highest BCUT2D eigenvalue weighted by molar-refractivity contribution is 6.11. The summed E-state index contributed by atoms with van der Waals surface area (Å²) in [5.74, 6) is -0.976. The number of ether oxygens (including phenoxy) is 1. The fraction of sp³-hybridized carbons (Fsp3) is 0.333. The normalized spacial score (nSPS) is 14.8. The molecule has 192 valence electrons. The number of aromatic nitrogens is 3. The predicted molar refractivity (Wildman–Crippen MR) is 137 cm³/mol. The maximum absolute atomic E-state index is 13.6. The Morgan fingerprint density at radius 1 is 1.11 bits per heavy atom. The average molecular weight is 506 g/mol. The van der Waals surface area contributed by atoms with Crippen molar-refractivity contribution in [3.63, 3.8) is 0 Å². The molecule has 0 bridgehead atoms. The van der Waals surface area contributed by atoms with E-state index in [1.165, 1.54) is 24.3 Å². The van der Waals surface area contributed by atoms with Crippen molar-refractivity contribution in [1.82, 2.24) is 19.5 Å². The van der Waals surface area contributed by atoms with Gasteiger partial charge in [0.15, 0.2) is 0 Å². The lowest BCUT2D eigenvalue weighted by Gasteiger charge is -2.33. The van der Waals surface area contributed by atoms with Crippen molar-refractivity contribution in [2.24, 2.45) is 0 Å². The van der Waals surface area contributed by atoms with Gasteiger partial charge in [0.05, 0.1) is 22.3 Å². The highest BCUT2D eigenvalue weighted by Gasteiger charge is 2.29. The first-order chi connectivity index (χ1) is 17.6. The summed E-state index contributed by atoms with van der Waals surface area (Å²) in [6.07, 6.45) is 0.958. The zero-order valence-corrected chi connectivity index (χ0v) is 20.9. The van der Waals surface area contributed by atoms with Crippen molar-refractivity contribution >= 4 is 34.2 Å². The van der Waals surface area contributed by atoms with Crippen LogP contribution in [-0.4, -0.2) is 50.2 Å². The van der Waals surface area contributed by atoms with Gasteiger partial charge in [-0.15, -0.1) is 0 Å². The molecule has 10 heteroatoms. The van der Waals surface area contributed by atoms with Crippen molar-refractivity contribution in [1.29, 1.82) is 0 Å². The van der Waals surface area contributed by atoms with Crippen LogP contribution in [0.4, 0.5) is 14.9 Å². The number of aromatic amines is 1. The Bertz CT molecular complexity index is 1560. The number of halogens is 1. The van der Waals surface area contributed by atoms with E-state index in [9.17, 15) is 18.8 Å². The number of nitrogens with zero attached hydrogens (tertiary/aromatic N) is 3. The molecule has 0 radical (unpaired) electrons. The molecule has 0 saturated carbocycles. The molecule has 2 amide bonds. The van der Waals surface area contributed by atoms with Gasteiger partial charge >= 0.3 is 6.09 Å². The molecular formula is C27H28FN5O4. The molecule has 0 atom stereocenters. The van der Waals surface area contributed by atoms with Gasteiger partial charge in [-0.3, -0.25) is 9.59 Å². The van der Waals surface area contributed by atoms with Gasteiger partial charge in [0, 0.05) is 30.6 Å². The number of benzene rings is 2. The van der Waals surface area contributed by atoms with Gasteiger partial charge < -0.3 is 19.9 Å². The van der Waals surface area contributed by atoms with Crippen molar-refractivity contribution < 1.29 is 18.7 Å². The summed E-state index contributed by atoms with van der Waals surface area (Å²) in [5.41, 5.74) is 1.57. The molecule has 4 aromatic rings. The third-order valence-corrected chi connectivity index (χ3v) is 6.36. The minimum absolute atomic E-state index is 0.00290. The Kier molecular flexibility index (Phi) is 6.18. The predicted octanol–water partition coefficient (Wildman–Crippen LogP) is 4.68. The molecule has 5 rings (SSSR count). The molecule has 9 nitrogen and oxygen atoms in total. The Morgan fingerprint density at radius 2 is 1.84 bits per heavy atom. The molecule has 1 aliphatic heterocycles. The zero-order valence-electron chi connectivity index (χ0n) is 20.9. The van der Waals surface area contributed by atoms with Crippen LogP contribution in [0, 0.1) is 5.82 Å². The van der Waals surface area contributed by atoms with Crippen molar-refractivity contribution in [2.75, 3.05) is 18.4 Å². The molecule has 1 aliphatic rings. The van der Waals surface area contributed by atoms with Gasteiger partial charge in [-0.2, -0.15) is 5.10 Å². The van der Waals surface area contributed by atoms with Gasteiger partial charge in [0.2, 0.25) is 0 Å². The number of amides is 2. The Balaban J connectivity index is 1.46. The number of hydrogen-bond donors (Lipinski definition) is 2. The first-order valence-corrected chi connectivity index (χ1v) is 12.2. The van der Waals surface area contributed by atoms with Gasteiger partial charge in [-0.25, -0.2) is 13.7 Å². The fourth-order valence-electron chi connectivity index (χ4n) is 4.69. The molecule has 2 aromatic heterocycles. The standard InChI is InChI=1S/C27H28FN5O4/c1-27(2,3)37-26(36)32-12-10-16(11-13-32)21-15-22(34)30-24-23-19(8-5-9-20(23)31-33(21)24)29-25(35)17-6-4-7-18(28)14-17/h4-9,14-16H,10-13H2,1-3H3,(H,29,35)(H,30,34). The van der Waals surface area contributed by atoms with Gasteiger partial charge in [-0.05, 0) is 63.9 Å². The van der Waals surface area contributed by atoms with Crippen LogP contribution in [0.3, 0.4) is 0 Å². The van der Waals surface area contributed by atoms with E-state index in [1.54, 1.807) is 27.6 Å².